The molecule has 0 aromatic heterocycles. The Labute approximate surface area is 167 Å². The predicted octanol–water partition coefficient (Wildman–Crippen LogP) is 3.16. The van der Waals surface area contributed by atoms with Crippen LogP contribution < -0.4 is 0 Å². The molecule has 1 aliphatic heterocycles. The number of rotatable bonds is 4. The third-order valence-corrected chi connectivity index (χ3v) is 7.46. The van der Waals surface area contributed by atoms with Gasteiger partial charge in [0, 0.05) is 30.3 Å². The minimum absolute atomic E-state index is 0.0236. The first-order valence-corrected chi connectivity index (χ1v) is 10.3. The van der Waals surface area contributed by atoms with Crippen LogP contribution in [0.3, 0.4) is 0 Å². The average Bonchev–Trinajstić information content (AvgIpc) is 3.17. The zero-order chi connectivity index (χ0) is 21.1. The van der Waals surface area contributed by atoms with Gasteiger partial charge in [-0.2, -0.15) is 0 Å². The molecule has 7 atom stereocenters. The Hall–Kier alpha value is -1.40. The monoisotopic (exact) mass is 394 g/mol. The summed E-state index contributed by atoms with van der Waals surface area (Å²) in [5, 5.41) is 11.7. The number of aliphatic hydroxyl groups is 1. The number of ether oxygens (including phenoxy) is 3. The number of hydrogen-bond acceptors (Lipinski definition) is 6. The fourth-order valence-corrected chi connectivity index (χ4v) is 5.56. The van der Waals surface area contributed by atoms with Gasteiger partial charge in [0.2, 0.25) is 0 Å². The third-order valence-electron chi connectivity index (χ3n) is 7.46. The summed E-state index contributed by atoms with van der Waals surface area (Å²) in [5.41, 5.74) is -1.54. The topological polar surface area (TPSA) is 85.4 Å². The van der Waals surface area contributed by atoms with E-state index in [0.717, 1.165) is 0 Å². The van der Waals surface area contributed by atoms with Crippen LogP contribution in [0, 0.1) is 17.3 Å². The van der Waals surface area contributed by atoms with Crippen molar-refractivity contribution in [2.45, 2.75) is 97.2 Å². The second-order valence-corrected chi connectivity index (χ2v) is 9.63. The highest BCUT2D eigenvalue weighted by atomic mass is 16.6. The highest BCUT2D eigenvalue weighted by Gasteiger charge is 2.73. The predicted molar refractivity (Wildman–Crippen MR) is 103 cm³/mol. The maximum atomic E-state index is 12.6. The summed E-state index contributed by atoms with van der Waals surface area (Å²) in [7, 11) is 0. The summed E-state index contributed by atoms with van der Waals surface area (Å²) >= 11 is 0. The van der Waals surface area contributed by atoms with E-state index in [1.54, 1.807) is 19.9 Å². The minimum atomic E-state index is -1.00. The molecule has 6 heteroatoms. The molecule has 0 aromatic carbocycles. The summed E-state index contributed by atoms with van der Waals surface area (Å²) < 4.78 is 17.7. The maximum Gasteiger partial charge on any atom is 0.333 e. The standard InChI is InChI=1S/C22H34O6/c1-8-13(4)19(24)27-15-11-21(7)18(28-21)17(26-14(5)23)20(6)9-10-22(25,12(2)3)16(15)20/h8,12,15-18,25H,9-11H2,1-7H3/b13-8-/t15-,16+,17+,18+,20-,21-,22+/m0/s1. The molecule has 158 valence electrons. The van der Waals surface area contributed by atoms with Crippen molar-refractivity contribution < 1.29 is 28.9 Å². The van der Waals surface area contributed by atoms with Gasteiger partial charge in [-0.05, 0) is 39.5 Å². The summed E-state index contributed by atoms with van der Waals surface area (Å²) in [6.45, 7) is 12.9. The van der Waals surface area contributed by atoms with Crippen LogP contribution >= 0.6 is 0 Å². The summed E-state index contributed by atoms with van der Waals surface area (Å²) in [6, 6.07) is 0. The van der Waals surface area contributed by atoms with Gasteiger partial charge in [0.15, 0.2) is 0 Å². The minimum Gasteiger partial charge on any atom is -0.459 e. The van der Waals surface area contributed by atoms with Gasteiger partial charge in [0.05, 0.1) is 11.2 Å². The molecule has 2 aliphatic carbocycles. The molecule has 0 aromatic rings. The molecule has 0 amide bonds. The molecule has 6 nitrogen and oxygen atoms in total. The van der Waals surface area contributed by atoms with Crippen LogP contribution in [0.15, 0.2) is 11.6 Å². The molecule has 0 unspecified atom stereocenters. The Bertz CT molecular complexity index is 699. The van der Waals surface area contributed by atoms with Crippen molar-refractivity contribution in [3.05, 3.63) is 11.6 Å². The highest BCUT2D eigenvalue weighted by molar-refractivity contribution is 5.87. The molecule has 3 aliphatic rings. The largest absolute Gasteiger partial charge is 0.459 e. The van der Waals surface area contributed by atoms with Gasteiger partial charge >= 0.3 is 11.9 Å². The molecule has 1 N–H and O–H groups in total. The lowest BCUT2D eigenvalue weighted by Gasteiger charge is -2.45. The van der Waals surface area contributed by atoms with E-state index in [1.165, 1.54) is 6.92 Å². The first-order valence-electron chi connectivity index (χ1n) is 10.3. The fourth-order valence-electron chi connectivity index (χ4n) is 5.56. The number of allylic oxidation sites excluding steroid dienone is 1. The van der Waals surface area contributed by atoms with Crippen molar-refractivity contribution in [2.24, 2.45) is 17.3 Å². The van der Waals surface area contributed by atoms with Crippen LogP contribution in [-0.4, -0.2) is 46.6 Å². The summed E-state index contributed by atoms with van der Waals surface area (Å²) in [5.74, 6) is -1.10. The molecule has 3 fully saturated rings. The second-order valence-electron chi connectivity index (χ2n) is 9.63. The number of epoxide rings is 1. The molecule has 28 heavy (non-hydrogen) atoms. The number of hydrogen-bond donors (Lipinski definition) is 1. The Morgan fingerprint density at radius 3 is 2.36 bits per heavy atom. The van der Waals surface area contributed by atoms with Gasteiger partial charge in [0.25, 0.3) is 0 Å². The normalized spacial score (nSPS) is 45.1. The van der Waals surface area contributed by atoms with Crippen molar-refractivity contribution in [3.63, 3.8) is 0 Å². The van der Waals surface area contributed by atoms with E-state index in [-0.39, 0.29) is 29.9 Å². The smallest absolute Gasteiger partial charge is 0.333 e. The molecule has 0 bridgehead atoms. The lowest BCUT2D eigenvalue weighted by Crippen LogP contribution is -2.54. The van der Waals surface area contributed by atoms with Gasteiger partial charge in [-0.1, -0.05) is 26.8 Å². The number of carbonyl (C=O) groups excluding carboxylic acids is 2. The van der Waals surface area contributed by atoms with Crippen LogP contribution in [0.1, 0.15) is 67.7 Å². The Balaban J connectivity index is 2.07. The van der Waals surface area contributed by atoms with Gasteiger partial charge in [0.1, 0.15) is 18.3 Å². The van der Waals surface area contributed by atoms with Crippen molar-refractivity contribution in [1.29, 1.82) is 0 Å². The zero-order valence-corrected chi connectivity index (χ0v) is 18.1. The number of esters is 2. The van der Waals surface area contributed by atoms with Crippen LogP contribution in [0.5, 0.6) is 0 Å². The van der Waals surface area contributed by atoms with Crippen molar-refractivity contribution in [2.75, 3.05) is 0 Å². The molecule has 2 saturated carbocycles. The lowest BCUT2D eigenvalue weighted by atomic mass is 9.66. The van der Waals surface area contributed by atoms with Gasteiger partial charge in [-0.25, -0.2) is 4.79 Å². The first kappa shape index (κ1) is 21.3. The van der Waals surface area contributed by atoms with Crippen molar-refractivity contribution >= 4 is 11.9 Å². The summed E-state index contributed by atoms with van der Waals surface area (Å²) in [4.78, 5) is 24.5. The van der Waals surface area contributed by atoms with Gasteiger partial charge < -0.3 is 19.3 Å². The van der Waals surface area contributed by atoms with Crippen molar-refractivity contribution in [1.82, 2.24) is 0 Å². The van der Waals surface area contributed by atoms with E-state index in [1.807, 2.05) is 27.7 Å². The summed E-state index contributed by atoms with van der Waals surface area (Å²) in [6.07, 6.45) is 2.22. The van der Waals surface area contributed by atoms with E-state index in [4.69, 9.17) is 14.2 Å². The highest BCUT2D eigenvalue weighted by Crippen LogP contribution is 2.64. The van der Waals surface area contributed by atoms with E-state index < -0.39 is 28.8 Å². The Morgan fingerprint density at radius 2 is 1.82 bits per heavy atom. The third kappa shape index (κ3) is 3.18. The Kier molecular flexibility index (Phi) is 5.20. The fraction of sp³-hybridized carbons (Fsp3) is 0.818. The molecule has 0 spiro atoms. The van der Waals surface area contributed by atoms with Crippen LogP contribution in [0.4, 0.5) is 0 Å². The molecule has 3 rings (SSSR count). The van der Waals surface area contributed by atoms with Gasteiger partial charge in [-0.3, -0.25) is 4.79 Å². The van der Waals surface area contributed by atoms with Crippen LogP contribution in [0.25, 0.3) is 0 Å². The molecule has 1 saturated heterocycles. The number of fused-ring (bicyclic) bond motifs is 2. The van der Waals surface area contributed by atoms with Gasteiger partial charge in [-0.15, -0.1) is 0 Å². The zero-order valence-electron chi connectivity index (χ0n) is 18.1. The molecule has 0 radical (unpaired) electrons. The van der Waals surface area contributed by atoms with Crippen LogP contribution in [-0.2, 0) is 23.8 Å². The SMILES string of the molecule is C/C=C(/C)C(=O)O[C@H]1C[C@]2(C)O[C@@H]2[C@@H](OC(C)=O)[C@@]2(C)CC[C@@](O)(C(C)C)[C@H]12. The molecular formula is C22H34O6. The molecule has 1 heterocycles. The van der Waals surface area contributed by atoms with E-state index in [0.29, 0.717) is 24.8 Å². The maximum absolute atomic E-state index is 12.6. The van der Waals surface area contributed by atoms with Crippen LogP contribution in [0.2, 0.25) is 0 Å². The lowest BCUT2D eigenvalue weighted by molar-refractivity contribution is -0.181. The first-order chi connectivity index (χ1) is 12.9. The van der Waals surface area contributed by atoms with E-state index >= 15 is 0 Å². The van der Waals surface area contributed by atoms with E-state index in [9.17, 15) is 14.7 Å². The molecular weight excluding hydrogens is 360 g/mol. The average molecular weight is 395 g/mol. The van der Waals surface area contributed by atoms with Crippen molar-refractivity contribution in [3.8, 4) is 0 Å². The quantitative estimate of drug-likeness (QED) is 0.448. The second kappa shape index (κ2) is 6.84. The Morgan fingerprint density at radius 1 is 1.18 bits per heavy atom. The number of carbonyl (C=O) groups is 2. The van der Waals surface area contributed by atoms with E-state index in [2.05, 4.69) is 0 Å².